The molecule has 1 unspecified atom stereocenters. The van der Waals surface area contributed by atoms with E-state index in [-0.39, 0.29) is 35.9 Å². The van der Waals surface area contributed by atoms with Gasteiger partial charge in [0.05, 0.1) is 7.82 Å². The van der Waals surface area contributed by atoms with Crippen molar-refractivity contribution < 1.29 is 39.0 Å². The third-order valence-electron chi connectivity index (χ3n) is 0.986. The van der Waals surface area contributed by atoms with E-state index < -0.39 is 25.8 Å². The molecule has 0 heterocycles. The first-order valence-corrected chi connectivity index (χ1v) is 4.98. The van der Waals surface area contributed by atoms with Crippen molar-refractivity contribution in [2.24, 2.45) is 5.73 Å². The van der Waals surface area contributed by atoms with Crippen LogP contribution in [0.2, 0.25) is 0 Å². The van der Waals surface area contributed by atoms with Crippen LogP contribution in [0.3, 0.4) is 0 Å². The van der Waals surface area contributed by atoms with Crippen LogP contribution in [-0.4, -0.2) is 56.1 Å². The maximum Gasteiger partial charge on any atom is 2.00 e. The average Bonchev–Trinajstić information content (AvgIpc) is 1.96. The molecular formula is C5H10MgNO8P. The fourth-order valence-corrected chi connectivity index (χ4v) is 0.402. The van der Waals surface area contributed by atoms with E-state index in [0.29, 0.717) is 0 Å². The molecule has 90 valence electrons. The summed E-state index contributed by atoms with van der Waals surface area (Å²) >= 11 is 0. The second-order valence-electron chi connectivity index (χ2n) is 2.35. The third kappa shape index (κ3) is 29.2. The number of nitrogens with two attached hydrogens (primary N) is 1. The minimum Gasteiger partial charge on any atom is -0.790 e. The quantitative estimate of drug-likeness (QED) is 0.299. The summed E-state index contributed by atoms with van der Waals surface area (Å²) in [5.41, 5.74) is 5.00. The first kappa shape index (κ1) is 21.1. The average molecular weight is 267 g/mol. The zero-order valence-electron chi connectivity index (χ0n) is 8.11. The summed E-state index contributed by atoms with van der Waals surface area (Å²) in [4.78, 5) is 44.2. The van der Waals surface area contributed by atoms with Gasteiger partial charge in [-0.15, -0.1) is 0 Å². The number of aliphatic carboxylic acids is 2. The van der Waals surface area contributed by atoms with Gasteiger partial charge < -0.3 is 35.2 Å². The number of rotatable bonds is 4. The van der Waals surface area contributed by atoms with E-state index in [4.69, 9.17) is 35.2 Å². The summed E-state index contributed by atoms with van der Waals surface area (Å²) in [5.74, 6) is -2.20. The Labute approximate surface area is 107 Å². The Hall–Kier alpha value is -0.224. The van der Waals surface area contributed by atoms with Crippen LogP contribution < -0.4 is 15.5 Å². The van der Waals surface area contributed by atoms with E-state index in [1.165, 1.54) is 0 Å². The van der Waals surface area contributed by atoms with Crippen molar-refractivity contribution in [2.45, 2.75) is 18.9 Å². The fraction of sp³-hybridized carbons (Fsp3) is 0.600. The van der Waals surface area contributed by atoms with Crippen molar-refractivity contribution in [3.05, 3.63) is 0 Å². The van der Waals surface area contributed by atoms with Gasteiger partial charge in [0.15, 0.2) is 0 Å². The van der Waals surface area contributed by atoms with Gasteiger partial charge in [0, 0.05) is 6.42 Å². The van der Waals surface area contributed by atoms with E-state index in [1.807, 2.05) is 0 Å². The van der Waals surface area contributed by atoms with E-state index in [1.54, 1.807) is 0 Å². The molecule has 0 radical (unpaired) electrons. The minimum absolute atomic E-state index is 0. The normalized spacial score (nSPS) is 11.5. The number of carboxylic acid groups (broad SMARTS) is 2. The molecule has 9 nitrogen and oxygen atoms in total. The van der Waals surface area contributed by atoms with Gasteiger partial charge in [0.25, 0.3) is 0 Å². The molecule has 0 aromatic carbocycles. The largest absolute Gasteiger partial charge is 2.00 e. The zero-order valence-corrected chi connectivity index (χ0v) is 10.4. The summed E-state index contributed by atoms with van der Waals surface area (Å²) in [5, 5.41) is 16.3. The molecule has 0 aliphatic rings. The van der Waals surface area contributed by atoms with E-state index in [9.17, 15) is 9.59 Å². The van der Waals surface area contributed by atoms with Gasteiger partial charge in [0.1, 0.15) is 6.04 Å². The van der Waals surface area contributed by atoms with Gasteiger partial charge in [-0.3, -0.25) is 9.59 Å². The van der Waals surface area contributed by atoms with Crippen molar-refractivity contribution in [3.8, 4) is 0 Å². The minimum atomic E-state index is -5.14. The molecule has 0 aliphatic heterocycles. The molecule has 0 saturated carbocycles. The first-order chi connectivity index (χ1) is 6.54. The predicted octanol–water partition coefficient (Wildman–Crippen LogP) is -3.31. The molecule has 0 aliphatic carbocycles. The Morgan fingerprint density at radius 2 is 1.62 bits per heavy atom. The summed E-state index contributed by atoms with van der Waals surface area (Å²) in [6.07, 6.45) is -0.224. The van der Waals surface area contributed by atoms with Gasteiger partial charge in [0.2, 0.25) is 0 Å². The van der Waals surface area contributed by atoms with Crippen LogP contribution in [0.15, 0.2) is 0 Å². The summed E-state index contributed by atoms with van der Waals surface area (Å²) in [6.45, 7) is 0. The number of carbonyl (C=O) groups is 2. The van der Waals surface area contributed by atoms with Crippen LogP contribution in [0, 0.1) is 0 Å². The topological polar surface area (TPSA) is 184 Å². The van der Waals surface area contributed by atoms with Crippen LogP contribution in [0.1, 0.15) is 12.8 Å². The SMILES string of the molecule is NC(CCC(=O)O)C(=O)O.O=P([O-])([O-])O.[Mg+2]. The van der Waals surface area contributed by atoms with Gasteiger partial charge in [-0.2, -0.15) is 0 Å². The monoisotopic (exact) mass is 267 g/mol. The number of hydrogen-bond acceptors (Lipinski definition) is 6. The molecule has 0 aromatic heterocycles. The number of phosphoric acid groups is 1. The van der Waals surface area contributed by atoms with E-state index in [2.05, 4.69) is 0 Å². The van der Waals surface area contributed by atoms with Gasteiger partial charge in [-0.05, 0) is 6.42 Å². The molecule has 0 fully saturated rings. The maximum atomic E-state index is 9.99. The molecule has 0 bridgehead atoms. The Morgan fingerprint density at radius 1 is 1.31 bits per heavy atom. The molecule has 0 amide bonds. The molecule has 11 heteroatoms. The van der Waals surface area contributed by atoms with Gasteiger partial charge in [-0.1, -0.05) is 0 Å². The number of carboxylic acids is 2. The van der Waals surface area contributed by atoms with Crippen molar-refractivity contribution in [1.82, 2.24) is 0 Å². The van der Waals surface area contributed by atoms with Crippen LogP contribution in [0.25, 0.3) is 0 Å². The van der Waals surface area contributed by atoms with Crippen molar-refractivity contribution in [1.29, 1.82) is 0 Å². The summed E-state index contributed by atoms with van der Waals surface area (Å²) in [7, 11) is -5.14. The van der Waals surface area contributed by atoms with E-state index in [0.717, 1.165) is 0 Å². The Balaban J connectivity index is -0.000000242. The smallest absolute Gasteiger partial charge is 0.790 e. The molecule has 0 rings (SSSR count). The second kappa shape index (κ2) is 9.96. The Kier molecular flexibility index (Phi) is 13.1. The standard InChI is InChI=1S/C5H9NO4.Mg.H3O4P/c6-3(5(9)10)1-2-4(7)8;;1-5(2,3)4/h3H,1-2,6H2,(H,7,8)(H,9,10);;(H3,1,2,3,4)/q;+2;/p-2. The second-order valence-corrected chi connectivity index (χ2v) is 3.28. The fourth-order valence-electron chi connectivity index (χ4n) is 0.402. The maximum absolute atomic E-state index is 9.99. The molecule has 0 aromatic rings. The van der Waals surface area contributed by atoms with Crippen LogP contribution >= 0.6 is 7.82 Å². The molecule has 1 atom stereocenters. The van der Waals surface area contributed by atoms with Crippen LogP contribution in [-0.2, 0) is 14.2 Å². The van der Waals surface area contributed by atoms with Gasteiger partial charge in [-0.25, -0.2) is 0 Å². The summed E-state index contributed by atoms with van der Waals surface area (Å²) in [6, 6.07) is -1.06. The Morgan fingerprint density at radius 3 is 1.81 bits per heavy atom. The number of hydrogen-bond donors (Lipinski definition) is 4. The van der Waals surface area contributed by atoms with Crippen molar-refractivity contribution >= 4 is 42.8 Å². The van der Waals surface area contributed by atoms with E-state index >= 15 is 0 Å². The molecule has 0 saturated heterocycles. The van der Waals surface area contributed by atoms with Crippen molar-refractivity contribution in [3.63, 3.8) is 0 Å². The first-order valence-electron chi connectivity index (χ1n) is 3.49. The zero-order chi connectivity index (χ0) is 12.6. The van der Waals surface area contributed by atoms with Crippen molar-refractivity contribution in [2.75, 3.05) is 0 Å². The molecule has 16 heavy (non-hydrogen) atoms. The predicted molar refractivity (Wildman–Crippen MR) is 48.1 cm³/mol. The summed E-state index contributed by atoms with van der Waals surface area (Å²) < 4.78 is 8.66. The van der Waals surface area contributed by atoms with Crippen LogP contribution in [0.4, 0.5) is 0 Å². The molecule has 5 N–H and O–H groups in total. The molecular weight excluding hydrogens is 257 g/mol. The van der Waals surface area contributed by atoms with Gasteiger partial charge >= 0.3 is 35.0 Å². The Bertz CT molecular complexity index is 257. The third-order valence-corrected chi connectivity index (χ3v) is 0.986. The molecule has 0 spiro atoms. The van der Waals surface area contributed by atoms with Crippen LogP contribution in [0.5, 0.6) is 0 Å².